The van der Waals surface area contributed by atoms with Gasteiger partial charge < -0.3 is 20.1 Å². The summed E-state index contributed by atoms with van der Waals surface area (Å²) in [5, 5.41) is 10.1. The third kappa shape index (κ3) is 9.33. The molecule has 14 heteroatoms. The molecule has 2 aromatic heterocycles. The van der Waals surface area contributed by atoms with E-state index in [0.717, 1.165) is 16.7 Å². The van der Waals surface area contributed by atoms with E-state index in [1.54, 1.807) is 58.9 Å². The molecule has 13 nitrogen and oxygen atoms in total. The van der Waals surface area contributed by atoms with Crippen molar-refractivity contribution >= 4 is 39.2 Å². The number of benzene rings is 2. The van der Waals surface area contributed by atoms with Crippen molar-refractivity contribution in [1.29, 1.82) is 0 Å². The van der Waals surface area contributed by atoms with E-state index in [1.165, 1.54) is 28.9 Å². The van der Waals surface area contributed by atoms with E-state index in [0.29, 0.717) is 29.6 Å². The first-order valence-electron chi connectivity index (χ1n) is 18.0. The minimum absolute atomic E-state index is 0.00103. The number of nitrogens with one attached hydrogen (secondary N) is 2. The predicted octanol–water partition coefficient (Wildman–Crippen LogP) is 5.73. The quantitative estimate of drug-likeness (QED) is 0.180. The minimum Gasteiger partial charge on any atom is -0.460 e. The highest BCUT2D eigenvalue weighted by molar-refractivity contribution is 7.91. The molecule has 2 amide bonds. The Morgan fingerprint density at radius 1 is 0.926 bits per heavy atom. The fraction of sp³-hybridized carbons (Fsp3) is 0.450. The van der Waals surface area contributed by atoms with Crippen molar-refractivity contribution in [1.82, 2.24) is 25.2 Å². The van der Waals surface area contributed by atoms with Crippen molar-refractivity contribution in [3.63, 3.8) is 0 Å². The molecule has 5 rings (SSSR count). The van der Waals surface area contributed by atoms with Crippen LogP contribution in [0.25, 0.3) is 5.65 Å². The molecular weight excluding hydrogens is 711 g/mol. The topological polar surface area (TPSA) is 175 Å². The number of hydrogen-bond donors (Lipinski definition) is 2. The van der Waals surface area contributed by atoms with Crippen molar-refractivity contribution in [2.45, 2.75) is 104 Å². The van der Waals surface area contributed by atoms with Crippen LogP contribution in [0.2, 0.25) is 0 Å². The molecule has 2 aromatic carbocycles. The van der Waals surface area contributed by atoms with Crippen molar-refractivity contribution in [3.8, 4) is 0 Å². The summed E-state index contributed by atoms with van der Waals surface area (Å²) in [6, 6.07) is 12.3. The van der Waals surface area contributed by atoms with Gasteiger partial charge in [0.2, 0.25) is 0 Å². The normalized spacial score (nSPS) is 15.1. The average Bonchev–Trinajstić information content (AvgIpc) is 3.72. The molecule has 0 saturated carbocycles. The Morgan fingerprint density at radius 3 is 2.22 bits per heavy atom. The van der Waals surface area contributed by atoms with Gasteiger partial charge in [-0.25, -0.2) is 22.7 Å². The summed E-state index contributed by atoms with van der Waals surface area (Å²) in [5.41, 5.74) is 2.91. The maximum absolute atomic E-state index is 13.7. The van der Waals surface area contributed by atoms with E-state index in [1.807, 2.05) is 33.8 Å². The largest absolute Gasteiger partial charge is 0.460 e. The van der Waals surface area contributed by atoms with E-state index in [2.05, 4.69) is 20.7 Å². The Morgan fingerprint density at radius 2 is 1.59 bits per heavy atom. The lowest BCUT2D eigenvalue weighted by Gasteiger charge is -2.25. The molecule has 0 fully saturated rings. The van der Waals surface area contributed by atoms with Crippen molar-refractivity contribution in [3.05, 3.63) is 93.9 Å². The molecule has 1 aliphatic carbocycles. The van der Waals surface area contributed by atoms with Gasteiger partial charge in [0.25, 0.3) is 11.8 Å². The lowest BCUT2D eigenvalue weighted by molar-refractivity contribution is -0.160. The van der Waals surface area contributed by atoms with Crippen LogP contribution < -0.4 is 10.6 Å². The zero-order valence-corrected chi connectivity index (χ0v) is 33.1. The molecule has 54 heavy (non-hydrogen) atoms. The van der Waals surface area contributed by atoms with E-state index < -0.39 is 56.5 Å². The number of nitrogens with zero attached hydrogens (tertiary/aromatic N) is 3. The van der Waals surface area contributed by atoms with Gasteiger partial charge in [-0.3, -0.25) is 14.4 Å². The third-order valence-electron chi connectivity index (χ3n) is 9.09. The van der Waals surface area contributed by atoms with Gasteiger partial charge in [-0.2, -0.15) is 5.10 Å². The zero-order valence-electron chi connectivity index (χ0n) is 32.3. The summed E-state index contributed by atoms with van der Waals surface area (Å²) in [7, 11) is -3.83. The van der Waals surface area contributed by atoms with Gasteiger partial charge in [0.15, 0.2) is 15.5 Å². The summed E-state index contributed by atoms with van der Waals surface area (Å²) in [6.07, 6.45) is 2.78. The molecule has 0 radical (unpaired) electrons. The molecule has 2 atom stereocenters. The Balaban J connectivity index is 1.26. The molecule has 1 aliphatic rings. The lowest BCUT2D eigenvalue weighted by Crippen LogP contribution is -2.35. The first-order valence-corrected chi connectivity index (χ1v) is 19.6. The average molecular weight is 760 g/mol. The Kier molecular flexibility index (Phi) is 11.4. The number of esters is 2. The smallest absolute Gasteiger partial charge is 0.338 e. The van der Waals surface area contributed by atoms with Gasteiger partial charge in [-0.05, 0) is 108 Å². The van der Waals surface area contributed by atoms with Crippen LogP contribution in [0.3, 0.4) is 0 Å². The van der Waals surface area contributed by atoms with E-state index in [9.17, 15) is 27.6 Å². The number of hydrogen-bond acceptors (Lipinski definition) is 10. The number of carbonyl (C=O) groups is 4. The highest BCUT2D eigenvalue weighted by Crippen LogP contribution is 2.35. The van der Waals surface area contributed by atoms with E-state index >= 15 is 0 Å². The second kappa shape index (κ2) is 15.3. The summed E-state index contributed by atoms with van der Waals surface area (Å²) >= 11 is 0. The molecule has 288 valence electrons. The monoisotopic (exact) mass is 759 g/mol. The van der Waals surface area contributed by atoms with Crippen LogP contribution in [0.1, 0.15) is 121 Å². The summed E-state index contributed by atoms with van der Waals surface area (Å²) in [6.45, 7) is 16.2. The van der Waals surface area contributed by atoms with Gasteiger partial charge >= 0.3 is 11.9 Å². The van der Waals surface area contributed by atoms with Crippen LogP contribution in [0.4, 0.5) is 0 Å². The van der Waals surface area contributed by atoms with Crippen LogP contribution in [0.5, 0.6) is 0 Å². The molecule has 0 saturated heterocycles. The molecule has 0 spiro atoms. The lowest BCUT2D eigenvalue weighted by atomic mass is 9.97. The Hall–Kier alpha value is -5.11. The SMILES string of the molecule is Cc1c(C(=O)OC(C)(C)C)ccc2c1CC[C@@H]2NC(=O)c1cc(C(=O)NCc2ccc(S(=O)(=O)C[C@@H](C(=O)OC(C)(C)C)C(C)C)cc2)nc2ccnn12. The summed E-state index contributed by atoms with van der Waals surface area (Å²) < 4.78 is 39.0. The Bertz CT molecular complexity index is 2200. The number of sulfone groups is 1. The fourth-order valence-corrected chi connectivity index (χ4v) is 8.07. The first-order chi connectivity index (χ1) is 25.1. The summed E-state index contributed by atoms with van der Waals surface area (Å²) in [5.74, 6) is -3.42. The number of fused-ring (bicyclic) bond motifs is 2. The second-order valence-electron chi connectivity index (χ2n) is 16.0. The third-order valence-corrected chi connectivity index (χ3v) is 10.9. The number of rotatable bonds is 11. The molecule has 4 aromatic rings. The fourth-order valence-electron chi connectivity index (χ4n) is 6.34. The van der Waals surface area contributed by atoms with Crippen LogP contribution >= 0.6 is 0 Å². The van der Waals surface area contributed by atoms with Crippen LogP contribution in [0, 0.1) is 18.8 Å². The van der Waals surface area contributed by atoms with Crippen molar-refractivity contribution in [2.24, 2.45) is 11.8 Å². The molecular formula is C40H49N5O8S. The number of amides is 2. The highest BCUT2D eigenvalue weighted by atomic mass is 32.2. The number of ether oxygens (including phenoxy) is 2. The van der Waals surface area contributed by atoms with Crippen molar-refractivity contribution in [2.75, 3.05) is 5.75 Å². The van der Waals surface area contributed by atoms with Crippen LogP contribution in [-0.4, -0.2) is 63.7 Å². The summed E-state index contributed by atoms with van der Waals surface area (Å²) in [4.78, 5) is 57.1. The van der Waals surface area contributed by atoms with Gasteiger partial charge in [0.05, 0.1) is 34.4 Å². The zero-order chi connectivity index (χ0) is 39.7. The number of carbonyl (C=O) groups excluding carboxylic acids is 4. The van der Waals surface area contributed by atoms with Gasteiger partial charge in [0, 0.05) is 18.7 Å². The predicted molar refractivity (Wildman–Crippen MR) is 202 cm³/mol. The van der Waals surface area contributed by atoms with Crippen molar-refractivity contribution < 1.29 is 37.1 Å². The van der Waals surface area contributed by atoms with E-state index in [4.69, 9.17) is 9.47 Å². The molecule has 0 unspecified atom stereocenters. The van der Waals surface area contributed by atoms with Gasteiger partial charge in [-0.1, -0.05) is 32.0 Å². The second-order valence-corrected chi connectivity index (χ2v) is 18.0. The maximum atomic E-state index is 13.7. The highest BCUT2D eigenvalue weighted by Gasteiger charge is 2.33. The maximum Gasteiger partial charge on any atom is 0.338 e. The van der Waals surface area contributed by atoms with Crippen LogP contribution in [-0.2, 0) is 37.1 Å². The Labute approximate surface area is 316 Å². The van der Waals surface area contributed by atoms with E-state index in [-0.39, 0.29) is 34.8 Å². The first kappa shape index (κ1) is 40.1. The minimum atomic E-state index is -3.83. The standard InChI is InChI=1S/C40H49N5O8S/c1-23(2)30(38(49)53-40(7,8)9)22-54(50,51)26-12-10-25(11-13-26)21-41-35(46)32-20-33(45-34(43-32)18-19-42-45)36(47)44-31-17-16-27-24(3)28(14-15-29(27)31)37(48)52-39(4,5)6/h10-15,18-20,23,30-31H,16-17,21-22H2,1-9H3,(H,41,46)(H,44,47)/t30-,31+/m1/s1. The molecule has 2 N–H and O–H groups in total. The molecule has 0 aliphatic heterocycles. The van der Waals surface area contributed by atoms with Gasteiger partial charge in [-0.15, -0.1) is 0 Å². The van der Waals surface area contributed by atoms with Crippen LogP contribution in [0.15, 0.2) is 59.6 Å². The molecule has 2 heterocycles. The molecule has 0 bridgehead atoms. The number of aromatic nitrogens is 3. The van der Waals surface area contributed by atoms with Gasteiger partial charge in [0.1, 0.15) is 22.6 Å².